The molecule has 0 aromatic carbocycles. The molecule has 2 heterocycles. The van der Waals surface area contributed by atoms with Crippen LogP contribution in [0, 0.1) is 0 Å². The van der Waals surface area contributed by atoms with Gasteiger partial charge < -0.3 is 9.64 Å². The van der Waals surface area contributed by atoms with Crippen LogP contribution >= 0.6 is 11.6 Å². The molecule has 0 unspecified atom stereocenters. The number of hydrogen-bond donors (Lipinski definition) is 0. The monoisotopic (exact) mass is 293 g/mol. The zero-order chi connectivity index (χ0) is 14.5. The van der Waals surface area contributed by atoms with Crippen LogP contribution in [0.1, 0.15) is 13.8 Å². The first kappa shape index (κ1) is 14.5. The van der Waals surface area contributed by atoms with Crippen molar-refractivity contribution in [1.82, 2.24) is 19.9 Å². The molecule has 0 aliphatic carbocycles. The van der Waals surface area contributed by atoms with Crippen molar-refractivity contribution in [2.24, 2.45) is 0 Å². The molecular weight excluding hydrogens is 278 g/mol. The van der Waals surface area contributed by atoms with Gasteiger partial charge in [-0.05, 0) is 37.6 Å². The van der Waals surface area contributed by atoms with Gasteiger partial charge in [-0.15, -0.1) is 0 Å². The largest absolute Gasteiger partial charge is 0.494 e. The van der Waals surface area contributed by atoms with Crippen LogP contribution in [0.5, 0.6) is 5.75 Å². The standard InChI is InChI=1S/C13H16ClN5O/c1-4-19(5-2)13-17-11(16-12(14)18-13)10-9(20-3)7-6-8-15-10/h6-8H,4-5H2,1-3H3. The Labute approximate surface area is 122 Å². The van der Waals surface area contributed by atoms with E-state index >= 15 is 0 Å². The maximum Gasteiger partial charge on any atom is 0.230 e. The average molecular weight is 294 g/mol. The summed E-state index contributed by atoms with van der Waals surface area (Å²) in [5.41, 5.74) is 0.549. The van der Waals surface area contributed by atoms with Gasteiger partial charge in [0, 0.05) is 19.3 Å². The summed E-state index contributed by atoms with van der Waals surface area (Å²) in [7, 11) is 1.58. The minimum absolute atomic E-state index is 0.143. The van der Waals surface area contributed by atoms with E-state index in [4.69, 9.17) is 16.3 Å². The summed E-state index contributed by atoms with van der Waals surface area (Å²) >= 11 is 6.00. The molecule has 0 radical (unpaired) electrons. The van der Waals surface area contributed by atoms with E-state index < -0.39 is 0 Å². The van der Waals surface area contributed by atoms with E-state index in [-0.39, 0.29) is 5.28 Å². The van der Waals surface area contributed by atoms with Crippen molar-refractivity contribution in [3.05, 3.63) is 23.6 Å². The summed E-state index contributed by atoms with van der Waals surface area (Å²) in [5, 5.41) is 0.143. The maximum absolute atomic E-state index is 6.00. The Morgan fingerprint density at radius 1 is 1.20 bits per heavy atom. The fourth-order valence-corrected chi connectivity index (χ4v) is 1.97. The van der Waals surface area contributed by atoms with Crippen LogP contribution in [0.25, 0.3) is 11.5 Å². The van der Waals surface area contributed by atoms with Crippen LogP contribution in [0.15, 0.2) is 18.3 Å². The first-order valence-electron chi connectivity index (χ1n) is 6.35. The van der Waals surface area contributed by atoms with Gasteiger partial charge >= 0.3 is 0 Å². The zero-order valence-electron chi connectivity index (χ0n) is 11.7. The van der Waals surface area contributed by atoms with Gasteiger partial charge in [-0.1, -0.05) is 0 Å². The van der Waals surface area contributed by atoms with Crippen molar-refractivity contribution in [2.45, 2.75) is 13.8 Å². The highest BCUT2D eigenvalue weighted by Crippen LogP contribution is 2.26. The molecule has 20 heavy (non-hydrogen) atoms. The Morgan fingerprint density at radius 2 is 1.95 bits per heavy atom. The van der Waals surface area contributed by atoms with Gasteiger partial charge in [0.15, 0.2) is 5.82 Å². The Morgan fingerprint density at radius 3 is 2.60 bits per heavy atom. The number of halogens is 1. The number of hydrogen-bond acceptors (Lipinski definition) is 6. The summed E-state index contributed by atoms with van der Waals surface area (Å²) in [6.45, 7) is 5.63. The number of pyridine rings is 1. The third-order valence-electron chi connectivity index (χ3n) is 2.85. The molecule has 2 rings (SSSR count). The molecule has 0 spiro atoms. The average Bonchev–Trinajstić information content (AvgIpc) is 2.48. The summed E-state index contributed by atoms with van der Waals surface area (Å²) in [6.07, 6.45) is 1.66. The Hall–Kier alpha value is -1.95. The molecule has 0 aliphatic heterocycles. The van der Waals surface area contributed by atoms with E-state index in [2.05, 4.69) is 19.9 Å². The first-order chi connectivity index (χ1) is 9.69. The highest BCUT2D eigenvalue weighted by Gasteiger charge is 2.15. The van der Waals surface area contributed by atoms with Crippen molar-refractivity contribution in [3.8, 4) is 17.3 Å². The summed E-state index contributed by atoms with van der Waals surface area (Å²) < 4.78 is 5.27. The molecule has 0 bridgehead atoms. The van der Waals surface area contributed by atoms with Gasteiger partial charge in [0.05, 0.1) is 7.11 Å². The minimum Gasteiger partial charge on any atom is -0.494 e. The smallest absolute Gasteiger partial charge is 0.230 e. The van der Waals surface area contributed by atoms with E-state index in [1.54, 1.807) is 25.4 Å². The number of anilines is 1. The maximum atomic E-state index is 6.00. The lowest BCUT2D eigenvalue weighted by Crippen LogP contribution is -2.24. The van der Waals surface area contributed by atoms with Gasteiger partial charge in [0.1, 0.15) is 11.4 Å². The third-order valence-corrected chi connectivity index (χ3v) is 3.01. The molecule has 0 fully saturated rings. The van der Waals surface area contributed by atoms with E-state index in [0.717, 1.165) is 13.1 Å². The molecule has 0 saturated heterocycles. The topological polar surface area (TPSA) is 64.0 Å². The molecular formula is C13H16ClN5O. The van der Waals surface area contributed by atoms with Crippen LogP contribution in [0.3, 0.4) is 0 Å². The Kier molecular flexibility index (Phi) is 4.68. The number of ether oxygens (including phenoxy) is 1. The van der Waals surface area contributed by atoms with Crippen LogP contribution in [0.4, 0.5) is 5.95 Å². The number of methoxy groups -OCH3 is 1. The predicted molar refractivity (Wildman–Crippen MR) is 78.2 cm³/mol. The molecule has 7 heteroatoms. The second-order valence-electron chi connectivity index (χ2n) is 3.95. The van der Waals surface area contributed by atoms with Crippen molar-refractivity contribution in [3.63, 3.8) is 0 Å². The Balaban J connectivity index is 2.52. The minimum atomic E-state index is 0.143. The molecule has 0 amide bonds. The lowest BCUT2D eigenvalue weighted by Gasteiger charge is -2.18. The van der Waals surface area contributed by atoms with Gasteiger partial charge in [-0.3, -0.25) is 0 Å². The molecule has 0 atom stereocenters. The molecule has 0 N–H and O–H groups in total. The lowest BCUT2D eigenvalue weighted by molar-refractivity contribution is 0.414. The first-order valence-corrected chi connectivity index (χ1v) is 6.73. The molecule has 6 nitrogen and oxygen atoms in total. The highest BCUT2D eigenvalue weighted by atomic mass is 35.5. The van der Waals surface area contributed by atoms with Gasteiger partial charge in [0.25, 0.3) is 0 Å². The molecule has 106 valence electrons. The fraction of sp³-hybridized carbons (Fsp3) is 0.385. The van der Waals surface area contributed by atoms with Gasteiger partial charge in [-0.25, -0.2) is 4.98 Å². The van der Waals surface area contributed by atoms with E-state index in [1.165, 1.54) is 0 Å². The van der Waals surface area contributed by atoms with Crippen molar-refractivity contribution >= 4 is 17.5 Å². The SMILES string of the molecule is CCN(CC)c1nc(Cl)nc(-c2ncccc2OC)n1. The van der Waals surface area contributed by atoms with Crippen LogP contribution in [-0.4, -0.2) is 40.1 Å². The van der Waals surface area contributed by atoms with Crippen molar-refractivity contribution in [1.29, 1.82) is 0 Å². The Bertz CT molecular complexity index is 589. The molecule has 2 aromatic rings. The van der Waals surface area contributed by atoms with E-state index in [1.807, 2.05) is 18.7 Å². The lowest BCUT2D eigenvalue weighted by atomic mass is 10.3. The third kappa shape index (κ3) is 2.96. The van der Waals surface area contributed by atoms with Crippen LogP contribution in [-0.2, 0) is 0 Å². The number of nitrogens with zero attached hydrogens (tertiary/aromatic N) is 5. The van der Waals surface area contributed by atoms with E-state index in [0.29, 0.717) is 23.2 Å². The fourth-order valence-electron chi connectivity index (χ4n) is 1.82. The van der Waals surface area contributed by atoms with Gasteiger partial charge in [0.2, 0.25) is 11.2 Å². The second kappa shape index (κ2) is 6.47. The summed E-state index contributed by atoms with van der Waals surface area (Å²) in [4.78, 5) is 19.0. The summed E-state index contributed by atoms with van der Waals surface area (Å²) in [5.74, 6) is 1.54. The van der Waals surface area contributed by atoms with Crippen molar-refractivity contribution in [2.75, 3.05) is 25.1 Å². The second-order valence-corrected chi connectivity index (χ2v) is 4.29. The van der Waals surface area contributed by atoms with Crippen LogP contribution in [0.2, 0.25) is 5.28 Å². The number of rotatable bonds is 5. The summed E-state index contributed by atoms with van der Waals surface area (Å²) in [6, 6.07) is 3.59. The van der Waals surface area contributed by atoms with Crippen LogP contribution < -0.4 is 9.64 Å². The molecule has 2 aromatic heterocycles. The predicted octanol–water partition coefficient (Wildman–Crippen LogP) is 2.44. The normalized spacial score (nSPS) is 10.4. The van der Waals surface area contributed by atoms with Gasteiger partial charge in [-0.2, -0.15) is 15.0 Å². The highest BCUT2D eigenvalue weighted by molar-refractivity contribution is 6.28. The van der Waals surface area contributed by atoms with E-state index in [9.17, 15) is 0 Å². The van der Waals surface area contributed by atoms with Crippen molar-refractivity contribution < 1.29 is 4.74 Å². The number of aromatic nitrogens is 4. The molecule has 0 aliphatic rings. The molecule has 0 saturated carbocycles. The quantitative estimate of drug-likeness (QED) is 0.844. The zero-order valence-corrected chi connectivity index (χ0v) is 12.4.